The summed E-state index contributed by atoms with van der Waals surface area (Å²) in [5, 5.41) is 31.4. The van der Waals surface area contributed by atoms with E-state index in [0.29, 0.717) is 0 Å². The molecular weight excluding hydrogens is 232 g/mol. The molecule has 0 radical (unpaired) electrons. The predicted octanol–water partition coefficient (Wildman–Crippen LogP) is 0.479. The second kappa shape index (κ2) is 3.92. The van der Waals surface area contributed by atoms with Gasteiger partial charge >= 0.3 is 0 Å². The number of tetrazole rings is 1. The highest BCUT2D eigenvalue weighted by atomic mass is 16.6. The van der Waals surface area contributed by atoms with Gasteiger partial charge in [0.05, 0.1) is 21.6 Å². The molecule has 86 valence electrons. The Morgan fingerprint density at radius 3 is 2.06 bits per heavy atom. The van der Waals surface area contributed by atoms with Crippen molar-refractivity contribution in [2.75, 3.05) is 0 Å². The van der Waals surface area contributed by atoms with Gasteiger partial charge in [0.2, 0.25) is 0 Å². The van der Waals surface area contributed by atoms with Gasteiger partial charge in [0.15, 0.2) is 0 Å². The molecule has 10 heteroatoms. The van der Waals surface area contributed by atoms with Crippen molar-refractivity contribution >= 4 is 11.4 Å². The van der Waals surface area contributed by atoms with Gasteiger partial charge in [-0.15, -0.1) is 5.10 Å². The van der Waals surface area contributed by atoms with E-state index in [9.17, 15) is 20.2 Å². The van der Waals surface area contributed by atoms with E-state index in [2.05, 4.69) is 15.5 Å². The summed E-state index contributed by atoms with van der Waals surface area (Å²) in [6, 6.07) is 3.15. The van der Waals surface area contributed by atoms with E-state index in [1.165, 1.54) is 6.33 Å². The van der Waals surface area contributed by atoms with Crippen LogP contribution in [0.1, 0.15) is 0 Å². The van der Waals surface area contributed by atoms with E-state index >= 15 is 0 Å². The summed E-state index contributed by atoms with van der Waals surface area (Å²) in [6.07, 6.45) is 1.18. The summed E-state index contributed by atoms with van der Waals surface area (Å²) in [4.78, 5) is 19.8. The summed E-state index contributed by atoms with van der Waals surface area (Å²) in [5.74, 6) is 0. The number of benzene rings is 1. The van der Waals surface area contributed by atoms with Crippen LogP contribution in [0.5, 0.6) is 0 Å². The van der Waals surface area contributed by atoms with E-state index < -0.39 is 21.2 Å². The fourth-order valence-electron chi connectivity index (χ4n) is 1.20. The summed E-state index contributed by atoms with van der Waals surface area (Å²) in [5.41, 5.74) is -0.648. The minimum absolute atomic E-state index is 0.149. The van der Waals surface area contributed by atoms with Crippen molar-refractivity contribution in [1.82, 2.24) is 20.2 Å². The maximum atomic E-state index is 10.6. The number of nitro benzene ring substituents is 2. The summed E-state index contributed by atoms with van der Waals surface area (Å²) in [6.45, 7) is 0. The smallest absolute Gasteiger partial charge is 0.258 e. The average Bonchev–Trinajstić information content (AvgIpc) is 2.81. The summed E-state index contributed by atoms with van der Waals surface area (Å²) < 4.78 is 1.10. The second-order valence-corrected chi connectivity index (χ2v) is 2.98. The maximum Gasteiger partial charge on any atom is 0.278 e. The molecule has 0 saturated carbocycles. The SMILES string of the molecule is O=[N+]([O-])c1cc(-n2cnnn2)cc([N+](=O)[O-])c1. The molecule has 0 aliphatic heterocycles. The van der Waals surface area contributed by atoms with Gasteiger partial charge in [0.1, 0.15) is 6.33 Å². The highest BCUT2D eigenvalue weighted by Gasteiger charge is 2.17. The number of non-ortho nitro benzene ring substituents is 2. The molecule has 0 aliphatic rings. The zero-order valence-corrected chi connectivity index (χ0v) is 8.13. The number of nitrogens with zero attached hydrogens (tertiary/aromatic N) is 6. The molecule has 10 nitrogen and oxygen atoms in total. The predicted molar refractivity (Wildman–Crippen MR) is 52.5 cm³/mol. The third kappa shape index (κ3) is 2.04. The van der Waals surface area contributed by atoms with Crippen molar-refractivity contribution in [3.8, 4) is 5.69 Å². The van der Waals surface area contributed by atoms with E-state index in [0.717, 1.165) is 22.9 Å². The third-order valence-corrected chi connectivity index (χ3v) is 1.92. The number of aromatic nitrogens is 4. The van der Waals surface area contributed by atoms with Crippen LogP contribution in [0.25, 0.3) is 5.69 Å². The van der Waals surface area contributed by atoms with Crippen molar-refractivity contribution in [2.45, 2.75) is 0 Å². The molecular formula is C7H4N6O4. The Kier molecular flexibility index (Phi) is 2.45. The Morgan fingerprint density at radius 1 is 1.06 bits per heavy atom. The van der Waals surface area contributed by atoms with Crippen LogP contribution in [0.3, 0.4) is 0 Å². The van der Waals surface area contributed by atoms with E-state index in [-0.39, 0.29) is 5.69 Å². The molecule has 17 heavy (non-hydrogen) atoms. The van der Waals surface area contributed by atoms with Crippen LogP contribution in [0.4, 0.5) is 11.4 Å². The standard InChI is InChI=1S/C7H4N6O4/c14-12(15)6-1-5(11-4-8-9-10-11)2-7(3-6)13(16)17/h1-4H. The van der Waals surface area contributed by atoms with Gasteiger partial charge in [-0.25, -0.2) is 4.68 Å². The van der Waals surface area contributed by atoms with Crippen LogP contribution in [0, 0.1) is 20.2 Å². The highest BCUT2D eigenvalue weighted by Crippen LogP contribution is 2.24. The molecule has 0 amide bonds. The van der Waals surface area contributed by atoms with Gasteiger partial charge in [-0.05, 0) is 10.4 Å². The van der Waals surface area contributed by atoms with Gasteiger partial charge in [0, 0.05) is 12.1 Å². The summed E-state index contributed by atoms with van der Waals surface area (Å²) in [7, 11) is 0. The summed E-state index contributed by atoms with van der Waals surface area (Å²) >= 11 is 0. The highest BCUT2D eigenvalue weighted by molar-refractivity contribution is 5.52. The van der Waals surface area contributed by atoms with E-state index in [1.807, 2.05) is 0 Å². The normalized spacial score (nSPS) is 10.1. The van der Waals surface area contributed by atoms with Crippen molar-refractivity contribution in [1.29, 1.82) is 0 Å². The van der Waals surface area contributed by atoms with Gasteiger partial charge in [-0.3, -0.25) is 20.2 Å². The molecule has 0 bridgehead atoms. The van der Waals surface area contributed by atoms with Crippen molar-refractivity contribution < 1.29 is 9.85 Å². The molecule has 0 unspecified atom stereocenters. The van der Waals surface area contributed by atoms with Crippen LogP contribution in [-0.2, 0) is 0 Å². The zero-order valence-electron chi connectivity index (χ0n) is 8.13. The molecule has 0 N–H and O–H groups in total. The molecule has 2 rings (SSSR count). The van der Waals surface area contributed by atoms with Crippen LogP contribution >= 0.6 is 0 Å². The molecule has 0 fully saturated rings. The topological polar surface area (TPSA) is 130 Å². The van der Waals surface area contributed by atoms with Crippen LogP contribution in [0.15, 0.2) is 24.5 Å². The third-order valence-electron chi connectivity index (χ3n) is 1.92. The van der Waals surface area contributed by atoms with Crippen molar-refractivity contribution in [2.24, 2.45) is 0 Å². The quantitative estimate of drug-likeness (QED) is 0.559. The van der Waals surface area contributed by atoms with E-state index in [1.54, 1.807) is 0 Å². The fourth-order valence-corrected chi connectivity index (χ4v) is 1.20. The molecule has 0 saturated heterocycles. The van der Waals surface area contributed by atoms with Crippen LogP contribution < -0.4 is 0 Å². The number of nitro groups is 2. The number of rotatable bonds is 3. The molecule has 0 spiro atoms. The largest absolute Gasteiger partial charge is 0.278 e. The Balaban J connectivity index is 2.60. The zero-order chi connectivity index (χ0) is 12.4. The lowest BCUT2D eigenvalue weighted by Crippen LogP contribution is -1.99. The Morgan fingerprint density at radius 2 is 1.65 bits per heavy atom. The Hall–Kier alpha value is -2.91. The van der Waals surface area contributed by atoms with Gasteiger partial charge < -0.3 is 0 Å². The average molecular weight is 236 g/mol. The number of hydrogen-bond acceptors (Lipinski definition) is 7. The van der Waals surface area contributed by atoms with Gasteiger partial charge in [0.25, 0.3) is 11.4 Å². The lowest BCUT2D eigenvalue weighted by molar-refractivity contribution is -0.394. The molecule has 0 atom stereocenters. The van der Waals surface area contributed by atoms with E-state index in [4.69, 9.17) is 0 Å². The monoisotopic (exact) mass is 236 g/mol. The second-order valence-electron chi connectivity index (χ2n) is 2.98. The lowest BCUT2D eigenvalue weighted by atomic mass is 10.2. The minimum atomic E-state index is -0.721. The fraction of sp³-hybridized carbons (Fsp3) is 0. The molecule has 1 heterocycles. The first-order chi connectivity index (χ1) is 8.08. The molecule has 1 aromatic heterocycles. The molecule has 2 aromatic rings. The maximum absolute atomic E-state index is 10.6. The number of hydrogen-bond donors (Lipinski definition) is 0. The molecule has 1 aromatic carbocycles. The lowest BCUT2D eigenvalue weighted by Gasteiger charge is -1.99. The van der Waals surface area contributed by atoms with Crippen molar-refractivity contribution in [3.05, 3.63) is 44.8 Å². The van der Waals surface area contributed by atoms with Gasteiger partial charge in [-0.2, -0.15) is 0 Å². The first-order valence-electron chi connectivity index (χ1n) is 4.25. The van der Waals surface area contributed by atoms with Crippen LogP contribution in [-0.4, -0.2) is 30.1 Å². The Bertz CT molecular complexity index is 548. The first-order valence-corrected chi connectivity index (χ1v) is 4.25. The Labute approximate surface area is 92.8 Å². The van der Waals surface area contributed by atoms with Crippen LogP contribution in [0.2, 0.25) is 0 Å². The van der Waals surface area contributed by atoms with Crippen molar-refractivity contribution in [3.63, 3.8) is 0 Å². The minimum Gasteiger partial charge on any atom is -0.258 e. The van der Waals surface area contributed by atoms with Gasteiger partial charge in [-0.1, -0.05) is 0 Å². The first kappa shape index (κ1) is 10.6. The molecule has 0 aliphatic carbocycles.